The summed E-state index contributed by atoms with van der Waals surface area (Å²) >= 11 is 5.68. The molecule has 118 valence electrons. The molecule has 0 N–H and O–H groups in total. The van der Waals surface area contributed by atoms with E-state index in [9.17, 15) is 0 Å². The highest BCUT2D eigenvalue weighted by atomic mass is 35.5. The second-order valence-electron chi connectivity index (χ2n) is 4.58. The lowest BCUT2D eigenvalue weighted by Gasteiger charge is -2.03. The summed E-state index contributed by atoms with van der Waals surface area (Å²) in [4.78, 5) is 0. The Morgan fingerprint density at radius 1 is 0.957 bits per heavy atom. The third-order valence-electron chi connectivity index (χ3n) is 2.97. The fraction of sp³-hybridized carbons (Fsp3) is 0.200. The quantitative estimate of drug-likeness (QED) is 0.686. The molecule has 0 spiro atoms. The highest BCUT2D eigenvalue weighted by Crippen LogP contribution is 2.17. The van der Waals surface area contributed by atoms with E-state index in [1.165, 1.54) is 0 Å². The number of hydrogen-bond acceptors (Lipinski definition) is 7. The van der Waals surface area contributed by atoms with E-state index in [2.05, 4.69) is 20.4 Å². The first-order valence-corrected chi connectivity index (χ1v) is 7.15. The van der Waals surface area contributed by atoms with E-state index in [-0.39, 0.29) is 12.5 Å². The van der Waals surface area contributed by atoms with Crippen LogP contribution in [0.2, 0.25) is 5.15 Å². The van der Waals surface area contributed by atoms with Gasteiger partial charge in [0.1, 0.15) is 18.1 Å². The molecule has 23 heavy (non-hydrogen) atoms. The van der Waals surface area contributed by atoms with Gasteiger partial charge in [0.25, 0.3) is 5.89 Å². The normalized spacial score (nSPS) is 10.7. The lowest BCUT2D eigenvalue weighted by molar-refractivity contribution is 0.0898. The van der Waals surface area contributed by atoms with Crippen LogP contribution in [0.4, 0.5) is 0 Å². The molecule has 2 heterocycles. The van der Waals surface area contributed by atoms with Crippen LogP contribution in [0.1, 0.15) is 11.5 Å². The lowest BCUT2D eigenvalue weighted by Crippen LogP contribution is -1.94. The standard InChI is InChI=1S/C15H13ClN4O3/c1-21-11-4-2-10(3-5-11)8-22-9-14-19-20-15(23-14)12-6-7-13(16)18-17-12/h2-7H,8-9H2,1H3. The average molecular weight is 333 g/mol. The summed E-state index contributed by atoms with van der Waals surface area (Å²) in [5, 5.41) is 15.7. The number of ether oxygens (including phenoxy) is 2. The summed E-state index contributed by atoms with van der Waals surface area (Å²) in [5.41, 5.74) is 1.48. The minimum Gasteiger partial charge on any atom is -0.497 e. The van der Waals surface area contributed by atoms with Crippen LogP contribution in [0.3, 0.4) is 0 Å². The van der Waals surface area contributed by atoms with E-state index in [0.717, 1.165) is 11.3 Å². The molecule has 0 radical (unpaired) electrons. The molecule has 0 aliphatic rings. The molecule has 0 amide bonds. The van der Waals surface area contributed by atoms with Gasteiger partial charge in [-0.3, -0.25) is 0 Å². The number of aromatic nitrogens is 4. The molecule has 0 aliphatic heterocycles. The zero-order chi connectivity index (χ0) is 16.1. The Balaban J connectivity index is 1.55. The first kappa shape index (κ1) is 15.4. The van der Waals surface area contributed by atoms with Crippen LogP contribution in [-0.2, 0) is 18.0 Å². The fourth-order valence-electron chi connectivity index (χ4n) is 1.82. The number of rotatable bonds is 6. The van der Waals surface area contributed by atoms with Gasteiger partial charge in [-0.05, 0) is 29.8 Å². The molecule has 0 aliphatic carbocycles. The van der Waals surface area contributed by atoms with Crippen LogP contribution in [0.5, 0.6) is 5.75 Å². The van der Waals surface area contributed by atoms with Gasteiger partial charge >= 0.3 is 0 Å². The Labute approximate surface area is 137 Å². The van der Waals surface area contributed by atoms with E-state index in [0.29, 0.717) is 23.3 Å². The van der Waals surface area contributed by atoms with E-state index in [1.807, 2.05) is 24.3 Å². The number of hydrogen-bond donors (Lipinski definition) is 0. The minimum atomic E-state index is 0.208. The second-order valence-corrected chi connectivity index (χ2v) is 4.97. The monoisotopic (exact) mass is 332 g/mol. The van der Waals surface area contributed by atoms with E-state index < -0.39 is 0 Å². The van der Waals surface area contributed by atoms with E-state index in [1.54, 1.807) is 19.2 Å². The van der Waals surface area contributed by atoms with Crippen molar-refractivity contribution in [1.29, 1.82) is 0 Å². The van der Waals surface area contributed by atoms with Crippen molar-refractivity contribution in [2.24, 2.45) is 0 Å². The van der Waals surface area contributed by atoms with Crippen molar-refractivity contribution < 1.29 is 13.9 Å². The van der Waals surface area contributed by atoms with E-state index in [4.69, 9.17) is 25.5 Å². The Morgan fingerprint density at radius 2 is 1.78 bits per heavy atom. The van der Waals surface area contributed by atoms with Crippen molar-refractivity contribution in [3.63, 3.8) is 0 Å². The summed E-state index contributed by atoms with van der Waals surface area (Å²) < 4.78 is 16.1. The molecule has 2 aromatic heterocycles. The summed E-state index contributed by atoms with van der Waals surface area (Å²) in [6.07, 6.45) is 0. The summed E-state index contributed by atoms with van der Waals surface area (Å²) in [6, 6.07) is 10.9. The first-order chi connectivity index (χ1) is 11.2. The van der Waals surface area contributed by atoms with Gasteiger partial charge in [0.15, 0.2) is 5.15 Å². The average Bonchev–Trinajstić information content (AvgIpc) is 3.05. The Kier molecular flexibility index (Phi) is 4.80. The van der Waals surface area contributed by atoms with Gasteiger partial charge in [-0.15, -0.1) is 20.4 Å². The molecule has 0 saturated carbocycles. The largest absolute Gasteiger partial charge is 0.497 e. The van der Waals surface area contributed by atoms with Crippen LogP contribution >= 0.6 is 11.6 Å². The highest BCUT2D eigenvalue weighted by Gasteiger charge is 2.10. The first-order valence-electron chi connectivity index (χ1n) is 6.77. The predicted molar refractivity (Wildman–Crippen MR) is 81.8 cm³/mol. The smallest absolute Gasteiger partial charge is 0.268 e. The summed E-state index contributed by atoms with van der Waals surface area (Å²) in [7, 11) is 1.63. The second kappa shape index (κ2) is 7.17. The summed E-state index contributed by atoms with van der Waals surface area (Å²) in [6.45, 7) is 0.641. The Morgan fingerprint density at radius 3 is 2.48 bits per heavy atom. The van der Waals surface area contributed by atoms with Gasteiger partial charge in [0.2, 0.25) is 5.89 Å². The van der Waals surface area contributed by atoms with Crippen molar-refractivity contribution in [1.82, 2.24) is 20.4 Å². The fourth-order valence-corrected chi connectivity index (χ4v) is 1.92. The van der Waals surface area contributed by atoms with E-state index >= 15 is 0 Å². The van der Waals surface area contributed by atoms with Crippen molar-refractivity contribution in [2.45, 2.75) is 13.2 Å². The van der Waals surface area contributed by atoms with Crippen LogP contribution in [0.15, 0.2) is 40.8 Å². The molecule has 7 nitrogen and oxygen atoms in total. The molecular weight excluding hydrogens is 320 g/mol. The van der Waals surface area contributed by atoms with Gasteiger partial charge in [-0.25, -0.2) is 0 Å². The molecular formula is C15H13ClN4O3. The maximum Gasteiger partial charge on any atom is 0.268 e. The van der Waals surface area contributed by atoms with Gasteiger partial charge in [0.05, 0.1) is 13.7 Å². The van der Waals surface area contributed by atoms with Gasteiger partial charge in [-0.1, -0.05) is 23.7 Å². The minimum absolute atomic E-state index is 0.208. The van der Waals surface area contributed by atoms with Crippen molar-refractivity contribution in [3.8, 4) is 17.3 Å². The van der Waals surface area contributed by atoms with Gasteiger partial charge in [0, 0.05) is 0 Å². The zero-order valence-electron chi connectivity index (χ0n) is 12.3. The molecule has 0 bridgehead atoms. The van der Waals surface area contributed by atoms with Crippen molar-refractivity contribution in [2.75, 3.05) is 7.11 Å². The highest BCUT2D eigenvalue weighted by molar-refractivity contribution is 6.29. The molecule has 0 atom stereocenters. The van der Waals surface area contributed by atoms with Crippen LogP contribution in [0, 0.1) is 0 Å². The van der Waals surface area contributed by atoms with Crippen LogP contribution in [0.25, 0.3) is 11.6 Å². The molecule has 1 aromatic carbocycles. The number of nitrogens with zero attached hydrogens (tertiary/aromatic N) is 4. The molecule has 3 rings (SSSR count). The molecule has 0 saturated heterocycles. The van der Waals surface area contributed by atoms with Gasteiger partial charge < -0.3 is 13.9 Å². The third kappa shape index (κ3) is 4.02. The number of methoxy groups -OCH3 is 1. The maximum atomic E-state index is 5.68. The zero-order valence-corrected chi connectivity index (χ0v) is 13.0. The van der Waals surface area contributed by atoms with Crippen molar-refractivity contribution >= 4 is 11.6 Å². The lowest BCUT2D eigenvalue weighted by atomic mass is 10.2. The molecule has 0 fully saturated rings. The maximum absolute atomic E-state index is 5.68. The summed E-state index contributed by atoms with van der Waals surface area (Å²) in [5.74, 6) is 1.45. The van der Waals surface area contributed by atoms with Crippen LogP contribution < -0.4 is 4.74 Å². The number of benzene rings is 1. The third-order valence-corrected chi connectivity index (χ3v) is 3.17. The molecule has 3 aromatic rings. The Bertz CT molecular complexity index is 759. The molecule has 0 unspecified atom stereocenters. The number of halogens is 1. The van der Waals surface area contributed by atoms with Crippen molar-refractivity contribution in [3.05, 3.63) is 53.0 Å². The van der Waals surface area contributed by atoms with Crippen LogP contribution in [-0.4, -0.2) is 27.5 Å². The predicted octanol–water partition coefficient (Wildman–Crippen LogP) is 2.91. The SMILES string of the molecule is COc1ccc(COCc2nnc(-c3ccc(Cl)nn3)o2)cc1. The van der Waals surface area contributed by atoms with Gasteiger partial charge in [-0.2, -0.15) is 0 Å². The topological polar surface area (TPSA) is 83.2 Å². The molecule has 8 heteroatoms. The Hall–Kier alpha value is -2.51.